The van der Waals surface area contributed by atoms with Crippen molar-refractivity contribution in [3.8, 4) is 5.75 Å². The summed E-state index contributed by atoms with van der Waals surface area (Å²) in [7, 11) is 0. The van der Waals surface area contributed by atoms with Gasteiger partial charge < -0.3 is 9.47 Å². The standard InChI is InChI=1S/C16H21BrO2/c1-16(2)9-13-8-11(5-6-14(13)19-16)15(17)12-4-3-7-18-10-12/h5-6,8,12,15H,3-4,7,9-10H2,1-2H3. The Labute approximate surface area is 123 Å². The molecule has 2 aliphatic heterocycles. The Morgan fingerprint density at radius 1 is 1.37 bits per heavy atom. The quantitative estimate of drug-likeness (QED) is 0.756. The zero-order valence-electron chi connectivity index (χ0n) is 11.6. The van der Waals surface area contributed by atoms with Gasteiger partial charge in [-0.15, -0.1) is 0 Å². The van der Waals surface area contributed by atoms with Crippen LogP contribution in [0.4, 0.5) is 0 Å². The van der Waals surface area contributed by atoms with Gasteiger partial charge in [0.25, 0.3) is 0 Å². The summed E-state index contributed by atoms with van der Waals surface area (Å²) in [5.74, 6) is 1.63. The third-order valence-corrected chi connectivity index (χ3v) is 5.29. The van der Waals surface area contributed by atoms with E-state index in [0.29, 0.717) is 10.7 Å². The summed E-state index contributed by atoms with van der Waals surface area (Å²) in [6.07, 6.45) is 3.42. The minimum atomic E-state index is -0.0588. The zero-order valence-corrected chi connectivity index (χ0v) is 13.2. The lowest BCUT2D eigenvalue weighted by atomic mass is 9.92. The van der Waals surface area contributed by atoms with Crippen LogP contribution in [-0.2, 0) is 11.2 Å². The summed E-state index contributed by atoms with van der Waals surface area (Å²) in [5.41, 5.74) is 2.63. The Morgan fingerprint density at radius 2 is 2.21 bits per heavy atom. The normalized spacial score (nSPS) is 26.6. The summed E-state index contributed by atoms with van der Waals surface area (Å²) in [6, 6.07) is 6.61. The summed E-state index contributed by atoms with van der Waals surface area (Å²) < 4.78 is 11.5. The Balaban J connectivity index is 1.79. The first-order chi connectivity index (χ1) is 9.05. The lowest BCUT2D eigenvalue weighted by molar-refractivity contribution is 0.0546. The zero-order chi connectivity index (χ0) is 13.5. The van der Waals surface area contributed by atoms with Gasteiger partial charge in [-0.2, -0.15) is 0 Å². The smallest absolute Gasteiger partial charge is 0.123 e. The van der Waals surface area contributed by atoms with Crippen LogP contribution >= 0.6 is 15.9 Å². The van der Waals surface area contributed by atoms with E-state index in [0.717, 1.165) is 25.4 Å². The third-order valence-electron chi connectivity index (χ3n) is 4.01. The van der Waals surface area contributed by atoms with Crippen molar-refractivity contribution in [3.05, 3.63) is 29.3 Å². The lowest BCUT2D eigenvalue weighted by Crippen LogP contribution is -2.24. The van der Waals surface area contributed by atoms with Crippen molar-refractivity contribution in [3.63, 3.8) is 0 Å². The molecule has 19 heavy (non-hydrogen) atoms. The molecule has 0 aliphatic carbocycles. The fourth-order valence-electron chi connectivity index (χ4n) is 3.07. The van der Waals surface area contributed by atoms with E-state index in [4.69, 9.17) is 9.47 Å². The van der Waals surface area contributed by atoms with Crippen LogP contribution in [0.2, 0.25) is 0 Å². The highest BCUT2D eigenvalue weighted by molar-refractivity contribution is 9.09. The molecule has 2 unspecified atom stereocenters. The van der Waals surface area contributed by atoms with Gasteiger partial charge in [-0.3, -0.25) is 0 Å². The number of alkyl halides is 1. The minimum Gasteiger partial charge on any atom is -0.487 e. The largest absolute Gasteiger partial charge is 0.487 e. The monoisotopic (exact) mass is 324 g/mol. The molecule has 3 heteroatoms. The first kappa shape index (κ1) is 13.4. The summed E-state index contributed by atoms with van der Waals surface area (Å²) in [4.78, 5) is 0.391. The van der Waals surface area contributed by atoms with Gasteiger partial charge >= 0.3 is 0 Å². The highest BCUT2D eigenvalue weighted by Gasteiger charge is 2.31. The molecule has 2 aliphatic rings. The first-order valence-corrected chi connectivity index (χ1v) is 8.00. The van der Waals surface area contributed by atoms with Crippen molar-refractivity contribution >= 4 is 15.9 Å². The van der Waals surface area contributed by atoms with E-state index >= 15 is 0 Å². The summed E-state index contributed by atoms with van der Waals surface area (Å²) in [6.45, 7) is 6.08. The van der Waals surface area contributed by atoms with Crippen molar-refractivity contribution in [1.82, 2.24) is 0 Å². The fraction of sp³-hybridized carbons (Fsp3) is 0.625. The molecule has 3 rings (SSSR count). The molecule has 0 spiro atoms. The van der Waals surface area contributed by atoms with Crippen LogP contribution in [0.25, 0.3) is 0 Å². The van der Waals surface area contributed by atoms with Gasteiger partial charge in [0, 0.05) is 17.9 Å². The molecule has 1 aromatic carbocycles. The highest BCUT2D eigenvalue weighted by Crippen LogP contribution is 2.41. The second kappa shape index (κ2) is 5.10. The Kier molecular flexibility index (Phi) is 3.61. The molecule has 0 N–H and O–H groups in total. The second-order valence-corrected chi connectivity index (χ2v) is 7.27. The van der Waals surface area contributed by atoms with E-state index in [-0.39, 0.29) is 5.60 Å². The molecule has 0 amide bonds. The van der Waals surface area contributed by atoms with Crippen molar-refractivity contribution in [2.24, 2.45) is 5.92 Å². The van der Waals surface area contributed by atoms with Crippen LogP contribution in [0.15, 0.2) is 18.2 Å². The summed E-state index contributed by atoms with van der Waals surface area (Å²) in [5, 5.41) is 0. The Morgan fingerprint density at radius 3 is 2.95 bits per heavy atom. The Bertz CT molecular complexity index is 464. The third kappa shape index (κ3) is 2.82. The molecule has 2 atom stereocenters. The molecule has 0 saturated carbocycles. The molecule has 2 nitrogen and oxygen atoms in total. The van der Waals surface area contributed by atoms with Crippen LogP contribution < -0.4 is 4.74 Å². The molecule has 1 aromatic rings. The van der Waals surface area contributed by atoms with E-state index < -0.39 is 0 Å². The number of halogens is 1. The molecule has 0 aromatic heterocycles. The van der Waals surface area contributed by atoms with Gasteiger partial charge in [-0.1, -0.05) is 28.1 Å². The average molecular weight is 325 g/mol. The highest BCUT2D eigenvalue weighted by atomic mass is 79.9. The van der Waals surface area contributed by atoms with Crippen LogP contribution in [-0.4, -0.2) is 18.8 Å². The van der Waals surface area contributed by atoms with Crippen molar-refractivity contribution in [1.29, 1.82) is 0 Å². The van der Waals surface area contributed by atoms with Gasteiger partial charge in [0.15, 0.2) is 0 Å². The predicted molar refractivity (Wildman–Crippen MR) is 80.1 cm³/mol. The van der Waals surface area contributed by atoms with E-state index in [1.807, 2.05) is 0 Å². The number of hydrogen-bond acceptors (Lipinski definition) is 2. The first-order valence-electron chi connectivity index (χ1n) is 7.09. The lowest BCUT2D eigenvalue weighted by Gasteiger charge is -2.27. The van der Waals surface area contributed by atoms with Crippen LogP contribution in [0.3, 0.4) is 0 Å². The maximum absolute atomic E-state index is 5.93. The van der Waals surface area contributed by atoms with Crippen LogP contribution in [0, 0.1) is 5.92 Å². The second-order valence-electron chi connectivity index (χ2n) is 6.28. The van der Waals surface area contributed by atoms with E-state index in [2.05, 4.69) is 48.0 Å². The Hall–Kier alpha value is -0.540. The van der Waals surface area contributed by atoms with Gasteiger partial charge in [0.2, 0.25) is 0 Å². The number of benzene rings is 1. The molecule has 2 heterocycles. The van der Waals surface area contributed by atoms with E-state index in [1.54, 1.807) is 0 Å². The number of rotatable bonds is 2. The predicted octanol–water partition coefficient (Wildman–Crippen LogP) is 4.26. The van der Waals surface area contributed by atoms with Gasteiger partial charge in [0.05, 0.1) is 6.61 Å². The molecular weight excluding hydrogens is 304 g/mol. The maximum atomic E-state index is 5.93. The molecular formula is C16H21BrO2. The molecule has 104 valence electrons. The molecule has 0 radical (unpaired) electrons. The van der Waals surface area contributed by atoms with Gasteiger partial charge in [-0.25, -0.2) is 0 Å². The van der Waals surface area contributed by atoms with E-state index in [9.17, 15) is 0 Å². The van der Waals surface area contributed by atoms with Gasteiger partial charge in [-0.05, 0) is 49.8 Å². The van der Waals surface area contributed by atoms with Crippen LogP contribution in [0.5, 0.6) is 5.75 Å². The molecule has 1 saturated heterocycles. The number of hydrogen-bond donors (Lipinski definition) is 0. The summed E-state index contributed by atoms with van der Waals surface area (Å²) >= 11 is 3.86. The van der Waals surface area contributed by atoms with E-state index in [1.165, 1.54) is 24.0 Å². The van der Waals surface area contributed by atoms with Crippen molar-refractivity contribution < 1.29 is 9.47 Å². The number of ether oxygens (including phenoxy) is 2. The van der Waals surface area contributed by atoms with Crippen molar-refractivity contribution in [2.45, 2.75) is 43.5 Å². The SMILES string of the molecule is CC1(C)Cc2cc(C(Br)C3CCCOC3)ccc2O1. The topological polar surface area (TPSA) is 18.5 Å². The van der Waals surface area contributed by atoms with Crippen molar-refractivity contribution in [2.75, 3.05) is 13.2 Å². The molecule has 0 bridgehead atoms. The fourth-order valence-corrected chi connectivity index (χ4v) is 3.77. The molecule has 1 fully saturated rings. The average Bonchev–Trinajstić information content (AvgIpc) is 2.71. The maximum Gasteiger partial charge on any atom is 0.123 e. The number of fused-ring (bicyclic) bond motifs is 1. The van der Waals surface area contributed by atoms with Gasteiger partial charge in [0.1, 0.15) is 11.4 Å². The minimum absolute atomic E-state index is 0.0588. The van der Waals surface area contributed by atoms with Crippen LogP contribution in [0.1, 0.15) is 42.6 Å².